The van der Waals surface area contributed by atoms with Crippen LogP contribution in [-0.2, 0) is 14.8 Å². The maximum absolute atomic E-state index is 13.7. The molecule has 0 radical (unpaired) electrons. The highest BCUT2D eigenvalue weighted by atomic mass is 79.9. The molecule has 1 amide bonds. The summed E-state index contributed by atoms with van der Waals surface area (Å²) in [6.45, 7) is 0.457. The van der Waals surface area contributed by atoms with Gasteiger partial charge in [0, 0.05) is 23.2 Å². The van der Waals surface area contributed by atoms with Crippen molar-refractivity contribution in [3.63, 3.8) is 0 Å². The first kappa shape index (κ1) is 21.0. The molecule has 10 heteroatoms. The Kier molecular flexibility index (Phi) is 6.59. The number of halogens is 3. The molecule has 2 aromatic rings. The zero-order valence-electron chi connectivity index (χ0n) is 14.6. The van der Waals surface area contributed by atoms with Crippen molar-refractivity contribution in [3.05, 3.63) is 51.7 Å². The first-order chi connectivity index (χ1) is 13.3. The van der Waals surface area contributed by atoms with Crippen LogP contribution >= 0.6 is 27.5 Å². The maximum atomic E-state index is 13.7. The number of amides is 1. The molecule has 0 saturated carbocycles. The fourth-order valence-electron chi connectivity index (χ4n) is 2.78. The van der Waals surface area contributed by atoms with Gasteiger partial charge in [0.15, 0.2) is 18.2 Å². The van der Waals surface area contributed by atoms with Crippen molar-refractivity contribution in [3.8, 4) is 5.75 Å². The Balaban J connectivity index is 1.69. The van der Waals surface area contributed by atoms with Crippen LogP contribution in [-0.4, -0.2) is 38.3 Å². The smallest absolute Gasteiger partial charge is 0.262 e. The molecule has 1 aliphatic rings. The summed E-state index contributed by atoms with van der Waals surface area (Å²) >= 11 is 9.21. The number of rotatable bonds is 6. The van der Waals surface area contributed by atoms with Crippen LogP contribution < -0.4 is 10.1 Å². The summed E-state index contributed by atoms with van der Waals surface area (Å²) in [6.07, 6.45) is 1.61. The highest BCUT2D eigenvalue weighted by Crippen LogP contribution is 2.29. The number of ether oxygens (including phenoxy) is 1. The zero-order valence-corrected chi connectivity index (χ0v) is 17.8. The molecule has 3 rings (SSSR count). The van der Waals surface area contributed by atoms with Crippen LogP contribution in [0.1, 0.15) is 12.8 Å². The zero-order chi connectivity index (χ0) is 20.3. The number of hydrogen-bond acceptors (Lipinski definition) is 4. The molecule has 1 saturated heterocycles. The summed E-state index contributed by atoms with van der Waals surface area (Å²) in [5, 5.41) is 2.62. The number of carbonyl (C=O) groups excluding carboxylic acids is 1. The summed E-state index contributed by atoms with van der Waals surface area (Å²) in [6, 6.07) is 8.43. The average Bonchev–Trinajstić information content (AvgIpc) is 3.18. The molecule has 1 aliphatic heterocycles. The van der Waals surface area contributed by atoms with E-state index in [9.17, 15) is 17.6 Å². The Morgan fingerprint density at radius 2 is 1.93 bits per heavy atom. The van der Waals surface area contributed by atoms with Gasteiger partial charge in [-0.15, -0.1) is 0 Å². The SMILES string of the molecule is O=C(COc1ccc(Br)cc1F)Nc1ccc(Cl)c(S(=O)(=O)N2CCCC2)c1. The van der Waals surface area contributed by atoms with Gasteiger partial charge >= 0.3 is 0 Å². The van der Waals surface area contributed by atoms with Crippen molar-refractivity contribution in [2.45, 2.75) is 17.7 Å². The standard InChI is InChI=1S/C18H17BrClFN2O4S/c19-12-3-6-16(15(21)9-12)27-11-18(24)22-13-4-5-14(20)17(10-13)28(25,26)23-7-1-2-8-23/h3-6,9-10H,1-2,7-8,11H2,(H,22,24). The quantitative estimate of drug-likeness (QED) is 0.662. The molecule has 1 fully saturated rings. The number of anilines is 1. The van der Waals surface area contributed by atoms with Gasteiger partial charge in [0.05, 0.1) is 5.02 Å². The van der Waals surface area contributed by atoms with Crippen LogP contribution in [0.15, 0.2) is 45.8 Å². The fourth-order valence-corrected chi connectivity index (χ4v) is 5.13. The number of benzene rings is 2. The van der Waals surface area contributed by atoms with Gasteiger partial charge in [-0.2, -0.15) is 4.31 Å². The van der Waals surface area contributed by atoms with Crippen molar-refractivity contribution in [2.75, 3.05) is 25.0 Å². The summed E-state index contributed by atoms with van der Waals surface area (Å²) < 4.78 is 46.3. The van der Waals surface area contributed by atoms with Crippen molar-refractivity contribution in [2.24, 2.45) is 0 Å². The highest BCUT2D eigenvalue weighted by Gasteiger charge is 2.29. The summed E-state index contributed by atoms with van der Waals surface area (Å²) in [4.78, 5) is 12.0. The summed E-state index contributed by atoms with van der Waals surface area (Å²) in [5.74, 6) is -1.23. The molecular weight excluding hydrogens is 475 g/mol. The maximum Gasteiger partial charge on any atom is 0.262 e. The van der Waals surface area contributed by atoms with Crippen molar-refractivity contribution < 1.29 is 22.3 Å². The molecule has 6 nitrogen and oxygen atoms in total. The van der Waals surface area contributed by atoms with Gasteiger partial charge < -0.3 is 10.1 Å². The molecule has 28 heavy (non-hydrogen) atoms. The van der Waals surface area contributed by atoms with Crippen molar-refractivity contribution in [1.82, 2.24) is 4.31 Å². The molecule has 0 aliphatic carbocycles. The number of carbonyl (C=O) groups is 1. The Hall–Kier alpha value is -1.68. The number of sulfonamides is 1. The lowest BCUT2D eigenvalue weighted by molar-refractivity contribution is -0.118. The van der Waals surface area contributed by atoms with Gasteiger partial charge in [-0.25, -0.2) is 12.8 Å². The highest BCUT2D eigenvalue weighted by molar-refractivity contribution is 9.10. The first-order valence-corrected chi connectivity index (χ1v) is 11.1. The molecule has 150 valence electrons. The van der Waals surface area contributed by atoms with E-state index in [0.29, 0.717) is 17.6 Å². The van der Waals surface area contributed by atoms with Crippen LogP contribution in [0.5, 0.6) is 5.75 Å². The molecular formula is C18H17BrClFN2O4S. The predicted octanol–water partition coefficient (Wildman–Crippen LogP) is 4.04. The molecule has 0 aromatic heterocycles. The van der Waals surface area contributed by atoms with Crippen LogP contribution in [0.3, 0.4) is 0 Å². The normalized spacial score (nSPS) is 14.8. The van der Waals surface area contributed by atoms with Gasteiger partial charge in [-0.05, 0) is 49.2 Å². The molecule has 2 aromatic carbocycles. The van der Waals surface area contributed by atoms with E-state index in [1.165, 1.54) is 34.6 Å². The van der Waals surface area contributed by atoms with E-state index in [1.54, 1.807) is 6.07 Å². The van der Waals surface area contributed by atoms with E-state index in [2.05, 4.69) is 21.2 Å². The molecule has 1 heterocycles. The van der Waals surface area contributed by atoms with E-state index in [1.807, 2.05) is 0 Å². The Morgan fingerprint density at radius 3 is 2.61 bits per heavy atom. The van der Waals surface area contributed by atoms with Gasteiger partial charge in [-0.3, -0.25) is 4.79 Å². The number of nitrogens with zero attached hydrogens (tertiary/aromatic N) is 1. The Labute approximate surface area is 175 Å². The summed E-state index contributed by atoms with van der Waals surface area (Å²) in [5.41, 5.74) is 0.257. The predicted molar refractivity (Wildman–Crippen MR) is 108 cm³/mol. The van der Waals surface area contributed by atoms with E-state index in [0.717, 1.165) is 12.8 Å². The minimum absolute atomic E-state index is 0.0614. The van der Waals surface area contributed by atoms with E-state index in [4.69, 9.17) is 16.3 Å². The second-order valence-electron chi connectivity index (χ2n) is 6.17. The van der Waals surface area contributed by atoms with Crippen LogP contribution in [0.4, 0.5) is 10.1 Å². The number of hydrogen-bond donors (Lipinski definition) is 1. The molecule has 1 N–H and O–H groups in total. The van der Waals surface area contributed by atoms with E-state index in [-0.39, 0.29) is 21.4 Å². The largest absolute Gasteiger partial charge is 0.481 e. The third-order valence-corrected chi connectivity index (χ3v) is 7.02. The fraction of sp³-hybridized carbons (Fsp3) is 0.278. The Bertz CT molecular complexity index is 997. The molecule has 0 bridgehead atoms. The van der Waals surface area contributed by atoms with Gasteiger partial charge in [0.1, 0.15) is 4.90 Å². The van der Waals surface area contributed by atoms with Gasteiger partial charge in [-0.1, -0.05) is 27.5 Å². The van der Waals surface area contributed by atoms with Gasteiger partial charge in [0.25, 0.3) is 5.91 Å². The third-order valence-electron chi connectivity index (χ3n) is 4.15. The minimum Gasteiger partial charge on any atom is -0.481 e. The van der Waals surface area contributed by atoms with Crippen molar-refractivity contribution >= 4 is 49.1 Å². The second-order valence-corrected chi connectivity index (χ2v) is 9.40. The lowest BCUT2D eigenvalue weighted by Gasteiger charge is -2.17. The average molecular weight is 492 g/mol. The van der Waals surface area contributed by atoms with Crippen LogP contribution in [0.2, 0.25) is 5.02 Å². The molecule has 0 atom stereocenters. The topological polar surface area (TPSA) is 75.7 Å². The minimum atomic E-state index is -3.73. The lowest BCUT2D eigenvalue weighted by atomic mass is 10.3. The third kappa shape index (κ3) is 4.83. The lowest BCUT2D eigenvalue weighted by Crippen LogP contribution is -2.28. The number of nitrogens with one attached hydrogen (secondary N) is 1. The Morgan fingerprint density at radius 1 is 1.21 bits per heavy atom. The molecule has 0 unspecified atom stereocenters. The van der Waals surface area contributed by atoms with E-state index >= 15 is 0 Å². The van der Waals surface area contributed by atoms with Gasteiger partial charge in [0.2, 0.25) is 10.0 Å². The van der Waals surface area contributed by atoms with Crippen LogP contribution in [0.25, 0.3) is 0 Å². The van der Waals surface area contributed by atoms with Crippen LogP contribution in [0, 0.1) is 5.82 Å². The monoisotopic (exact) mass is 490 g/mol. The summed E-state index contributed by atoms with van der Waals surface area (Å²) in [7, 11) is -3.73. The van der Waals surface area contributed by atoms with E-state index < -0.39 is 28.4 Å². The first-order valence-electron chi connectivity index (χ1n) is 8.45. The van der Waals surface area contributed by atoms with Crippen molar-refractivity contribution in [1.29, 1.82) is 0 Å². The second kappa shape index (κ2) is 8.77. The molecule has 0 spiro atoms.